The van der Waals surface area contributed by atoms with Crippen molar-refractivity contribution < 1.29 is 13.6 Å². The number of hydrogen-bond donors (Lipinski definition) is 2. The summed E-state index contributed by atoms with van der Waals surface area (Å²) in [5.74, 6) is -1.78. The molecule has 0 atom stereocenters. The largest absolute Gasteiger partial charge is 0.372 e. The standard InChI is InChI=1S/C12H9BrF2N4O/c1-16-10-3-2-9(18-19-10)12(20)17-11-7(13)4-6(14)5-8(11)15/h2-5H,1H3,(H,16,19)(H,17,20). The van der Waals surface area contributed by atoms with Crippen molar-refractivity contribution in [2.24, 2.45) is 0 Å². The predicted octanol–water partition coefficient (Wildman–Crippen LogP) is 2.81. The van der Waals surface area contributed by atoms with Crippen molar-refractivity contribution in [2.45, 2.75) is 0 Å². The Morgan fingerprint density at radius 2 is 2.00 bits per heavy atom. The van der Waals surface area contributed by atoms with E-state index >= 15 is 0 Å². The number of amides is 1. The molecule has 0 fully saturated rings. The highest BCUT2D eigenvalue weighted by Crippen LogP contribution is 2.27. The van der Waals surface area contributed by atoms with Crippen LogP contribution in [0.2, 0.25) is 0 Å². The zero-order chi connectivity index (χ0) is 14.7. The average molecular weight is 343 g/mol. The molecule has 1 aromatic heterocycles. The summed E-state index contributed by atoms with van der Waals surface area (Å²) in [5, 5.41) is 12.5. The van der Waals surface area contributed by atoms with E-state index in [0.717, 1.165) is 6.07 Å². The highest BCUT2D eigenvalue weighted by atomic mass is 79.9. The second kappa shape index (κ2) is 5.91. The van der Waals surface area contributed by atoms with E-state index < -0.39 is 17.5 Å². The van der Waals surface area contributed by atoms with Crippen molar-refractivity contribution in [2.75, 3.05) is 17.7 Å². The SMILES string of the molecule is CNc1ccc(C(=O)Nc2c(F)cc(F)cc2Br)nn1. The summed E-state index contributed by atoms with van der Waals surface area (Å²) in [6.07, 6.45) is 0. The molecule has 1 aromatic carbocycles. The maximum Gasteiger partial charge on any atom is 0.276 e. The van der Waals surface area contributed by atoms with Gasteiger partial charge in [0.2, 0.25) is 0 Å². The van der Waals surface area contributed by atoms with E-state index in [0.29, 0.717) is 11.9 Å². The molecule has 0 spiro atoms. The van der Waals surface area contributed by atoms with Gasteiger partial charge in [-0.3, -0.25) is 4.79 Å². The van der Waals surface area contributed by atoms with Gasteiger partial charge in [-0.1, -0.05) is 0 Å². The van der Waals surface area contributed by atoms with Crippen LogP contribution in [0.3, 0.4) is 0 Å². The molecule has 5 nitrogen and oxygen atoms in total. The van der Waals surface area contributed by atoms with Crippen LogP contribution in [0.25, 0.3) is 0 Å². The van der Waals surface area contributed by atoms with Crippen LogP contribution in [0, 0.1) is 11.6 Å². The summed E-state index contributed by atoms with van der Waals surface area (Å²) in [7, 11) is 1.66. The number of hydrogen-bond acceptors (Lipinski definition) is 4. The van der Waals surface area contributed by atoms with Gasteiger partial charge in [-0.2, -0.15) is 0 Å². The Bertz CT molecular complexity index is 625. The van der Waals surface area contributed by atoms with Crippen molar-refractivity contribution in [1.29, 1.82) is 0 Å². The fourth-order valence-corrected chi connectivity index (χ4v) is 1.93. The molecule has 20 heavy (non-hydrogen) atoms. The van der Waals surface area contributed by atoms with Crippen molar-refractivity contribution >= 4 is 33.3 Å². The van der Waals surface area contributed by atoms with Crippen molar-refractivity contribution in [3.63, 3.8) is 0 Å². The number of halogens is 3. The summed E-state index contributed by atoms with van der Waals surface area (Å²) in [6, 6.07) is 4.71. The topological polar surface area (TPSA) is 66.9 Å². The van der Waals surface area contributed by atoms with E-state index in [1.807, 2.05) is 0 Å². The van der Waals surface area contributed by atoms with Crippen LogP contribution in [0.15, 0.2) is 28.7 Å². The Labute approximate surface area is 121 Å². The Morgan fingerprint density at radius 3 is 2.55 bits per heavy atom. The fraction of sp³-hybridized carbons (Fsp3) is 0.0833. The molecule has 0 saturated heterocycles. The van der Waals surface area contributed by atoms with Gasteiger partial charge >= 0.3 is 0 Å². The second-order valence-electron chi connectivity index (χ2n) is 3.75. The Kier molecular flexibility index (Phi) is 4.23. The van der Waals surface area contributed by atoms with Crippen LogP contribution >= 0.6 is 15.9 Å². The van der Waals surface area contributed by atoms with E-state index in [-0.39, 0.29) is 15.9 Å². The normalized spacial score (nSPS) is 10.2. The predicted molar refractivity (Wildman–Crippen MR) is 73.6 cm³/mol. The Balaban J connectivity index is 2.23. The number of carbonyl (C=O) groups is 1. The first-order valence-corrected chi connectivity index (χ1v) is 6.28. The first-order valence-electron chi connectivity index (χ1n) is 5.48. The highest BCUT2D eigenvalue weighted by Gasteiger charge is 2.15. The van der Waals surface area contributed by atoms with E-state index in [2.05, 4.69) is 36.8 Å². The second-order valence-corrected chi connectivity index (χ2v) is 4.61. The molecule has 104 valence electrons. The zero-order valence-corrected chi connectivity index (χ0v) is 11.8. The minimum atomic E-state index is -0.884. The third kappa shape index (κ3) is 3.08. The van der Waals surface area contributed by atoms with Gasteiger partial charge in [-0.15, -0.1) is 10.2 Å². The number of carbonyl (C=O) groups excluding carboxylic acids is 1. The summed E-state index contributed by atoms with van der Waals surface area (Å²) in [4.78, 5) is 11.9. The first kappa shape index (κ1) is 14.3. The monoisotopic (exact) mass is 342 g/mol. The molecular weight excluding hydrogens is 334 g/mol. The van der Waals surface area contributed by atoms with Gasteiger partial charge in [0.15, 0.2) is 11.5 Å². The van der Waals surface area contributed by atoms with Crippen LogP contribution < -0.4 is 10.6 Å². The lowest BCUT2D eigenvalue weighted by molar-refractivity contribution is 0.102. The Morgan fingerprint density at radius 1 is 1.25 bits per heavy atom. The first-order chi connectivity index (χ1) is 9.51. The molecular formula is C12H9BrF2N4O. The van der Waals surface area contributed by atoms with E-state index in [1.54, 1.807) is 13.1 Å². The lowest BCUT2D eigenvalue weighted by Gasteiger charge is -2.08. The van der Waals surface area contributed by atoms with Crippen LogP contribution in [-0.2, 0) is 0 Å². The van der Waals surface area contributed by atoms with Gasteiger partial charge in [0.25, 0.3) is 5.91 Å². The molecule has 0 aliphatic heterocycles. The average Bonchev–Trinajstić information content (AvgIpc) is 2.42. The molecule has 8 heteroatoms. The molecule has 0 unspecified atom stereocenters. The van der Waals surface area contributed by atoms with Crippen LogP contribution in [0.1, 0.15) is 10.5 Å². The third-order valence-corrected chi connectivity index (χ3v) is 3.02. The maximum atomic E-state index is 13.6. The summed E-state index contributed by atoms with van der Waals surface area (Å²) in [6.45, 7) is 0. The lowest BCUT2D eigenvalue weighted by Crippen LogP contribution is -2.16. The number of anilines is 2. The third-order valence-electron chi connectivity index (χ3n) is 2.40. The number of nitrogens with zero attached hydrogens (tertiary/aromatic N) is 2. The zero-order valence-electron chi connectivity index (χ0n) is 10.2. The van der Waals surface area contributed by atoms with E-state index in [1.165, 1.54) is 6.07 Å². The summed E-state index contributed by atoms with van der Waals surface area (Å²) in [5.41, 5.74) is -0.143. The minimum absolute atomic E-state index is 0.0135. The number of nitrogens with one attached hydrogen (secondary N) is 2. The summed E-state index contributed by atoms with van der Waals surface area (Å²) < 4.78 is 26.6. The highest BCUT2D eigenvalue weighted by molar-refractivity contribution is 9.10. The van der Waals surface area contributed by atoms with Gasteiger partial charge in [0.05, 0.1) is 5.69 Å². The molecule has 0 saturated carbocycles. The minimum Gasteiger partial charge on any atom is -0.372 e. The number of benzene rings is 1. The molecule has 0 bridgehead atoms. The molecule has 2 aromatic rings. The quantitative estimate of drug-likeness (QED) is 0.899. The number of rotatable bonds is 3. The molecule has 2 rings (SSSR count). The molecule has 1 heterocycles. The molecule has 1 amide bonds. The smallest absolute Gasteiger partial charge is 0.276 e. The van der Waals surface area contributed by atoms with Crippen molar-refractivity contribution in [1.82, 2.24) is 10.2 Å². The summed E-state index contributed by atoms with van der Waals surface area (Å²) >= 11 is 2.98. The molecule has 2 N–H and O–H groups in total. The van der Waals surface area contributed by atoms with Gasteiger partial charge < -0.3 is 10.6 Å². The van der Waals surface area contributed by atoms with E-state index in [9.17, 15) is 13.6 Å². The van der Waals surface area contributed by atoms with Gasteiger partial charge in [-0.05, 0) is 34.1 Å². The van der Waals surface area contributed by atoms with E-state index in [4.69, 9.17) is 0 Å². The van der Waals surface area contributed by atoms with Gasteiger partial charge in [0.1, 0.15) is 11.6 Å². The molecule has 0 radical (unpaired) electrons. The maximum absolute atomic E-state index is 13.6. The van der Waals surface area contributed by atoms with Crippen molar-refractivity contribution in [3.8, 4) is 0 Å². The molecule has 0 aliphatic rings. The van der Waals surface area contributed by atoms with Gasteiger partial charge in [-0.25, -0.2) is 8.78 Å². The molecule has 0 aliphatic carbocycles. The van der Waals surface area contributed by atoms with Crippen LogP contribution in [0.4, 0.5) is 20.3 Å². The fourth-order valence-electron chi connectivity index (χ4n) is 1.43. The van der Waals surface area contributed by atoms with Crippen LogP contribution in [-0.4, -0.2) is 23.2 Å². The number of aromatic nitrogens is 2. The van der Waals surface area contributed by atoms with Gasteiger partial charge in [0, 0.05) is 17.6 Å². The Hall–Kier alpha value is -2.09. The van der Waals surface area contributed by atoms with Crippen molar-refractivity contribution in [3.05, 3.63) is 46.1 Å². The van der Waals surface area contributed by atoms with Crippen LogP contribution in [0.5, 0.6) is 0 Å². The lowest BCUT2D eigenvalue weighted by atomic mass is 10.2.